The van der Waals surface area contributed by atoms with Crippen molar-refractivity contribution >= 4 is 23.5 Å². The highest BCUT2D eigenvalue weighted by molar-refractivity contribution is 6.13. The summed E-state index contributed by atoms with van der Waals surface area (Å²) in [6.45, 7) is 9.76. The SMILES string of the molecule is CC(=O)CCC(C)(C)OCCC(C)(C)NC(=O)CCN1C(=O)C=CC1=O. The second-order valence-corrected chi connectivity index (χ2v) is 7.90. The number of carbonyl (C=O) groups is 4. The molecule has 0 atom stereocenters. The quantitative estimate of drug-likeness (QED) is 0.562. The Labute approximate surface area is 155 Å². The van der Waals surface area contributed by atoms with E-state index in [4.69, 9.17) is 4.74 Å². The number of hydrogen-bond acceptors (Lipinski definition) is 5. The number of amides is 3. The van der Waals surface area contributed by atoms with Crippen molar-refractivity contribution in [3.8, 4) is 0 Å². The van der Waals surface area contributed by atoms with Crippen LogP contribution < -0.4 is 5.32 Å². The lowest BCUT2D eigenvalue weighted by molar-refractivity contribution is -0.137. The summed E-state index contributed by atoms with van der Waals surface area (Å²) in [5.74, 6) is -0.857. The third-order valence-corrected chi connectivity index (χ3v) is 4.24. The van der Waals surface area contributed by atoms with E-state index >= 15 is 0 Å². The van der Waals surface area contributed by atoms with Gasteiger partial charge in [-0.05, 0) is 47.5 Å². The molecule has 0 aromatic heterocycles. The number of Topliss-reactive ketones (excluding diaryl/α,β-unsaturated/α-hetero) is 1. The topological polar surface area (TPSA) is 92.8 Å². The summed E-state index contributed by atoms with van der Waals surface area (Å²) >= 11 is 0. The number of rotatable bonds is 11. The van der Waals surface area contributed by atoms with Gasteiger partial charge in [-0.1, -0.05) is 0 Å². The summed E-state index contributed by atoms with van der Waals surface area (Å²) in [6, 6.07) is 0. The van der Waals surface area contributed by atoms with Gasteiger partial charge in [0.25, 0.3) is 11.8 Å². The van der Waals surface area contributed by atoms with E-state index in [1.807, 2.05) is 27.7 Å². The van der Waals surface area contributed by atoms with E-state index in [0.717, 1.165) is 4.90 Å². The van der Waals surface area contributed by atoms with Crippen molar-refractivity contribution in [2.45, 2.75) is 71.4 Å². The van der Waals surface area contributed by atoms with E-state index in [2.05, 4.69) is 5.32 Å². The van der Waals surface area contributed by atoms with Gasteiger partial charge in [-0.2, -0.15) is 0 Å². The molecular formula is C19H30N2O5. The van der Waals surface area contributed by atoms with Crippen LogP contribution >= 0.6 is 0 Å². The monoisotopic (exact) mass is 366 g/mol. The minimum Gasteiger partial charge on any atom is -0.375 e. The molecule has 0 spiro atoms. The number of carbonyl (C=O) groups excluding carboxylic acids is 4. The number of ether oxygens (including phenoxy) is 1. The van der Waals surface area contributed by atoms with Gasteiger partial charge in [0.1, 0.15) is 5.78 Å². The van der Waals surface area contributed by atoms with Gasteiger partial charge >= 0.3 is 0 Å². The number of nitrogens with one attached hydrogen (secondary N) is 1. The highest BCUT2D eigenvalue weighted by Gasteiger charge is 2.26. The van der Waals surface area contributed by atoms with Crippen molar-refractivity contribution in [1.82, 2.24) is 10.2 Å². The number of nitrogens with zero attached hydrogens (tertiary/aromatic N) is 1. The lowest BCUT2D eigenvalue weighted by atomic mass is 9.99. The summed E-state index contributed by atoms with van der Waals surface area (Å²) in [7, 11) is 0. The van der Waals surface area contributed by atoms with Crippen LogP contribution in [-0.2, 0) is 23.9 Å². The zero-order chi connectivity index (χ0) is 20.0. The van der Waals surface area contributed by atoms with Gasteiger partial charge in [0, 0.05) is 43.7 Å². The largest absolute Gasteiger partial charge is 0.375 e. The number of hydrogen-bond donors (Lipinski definition) is 1. The van der Waals surface area contributed by atoms with E-state index in [9.17, 15) is 19.2 Å². The molecule has 1 aliphatic rings. The van der Waals surface area contributed by atoms with Crippen molar-refractivity contribution < 1.29 is 23.9 Å². The zero-order valence-electron chi connectivity index (χ0n) is 16.4. The molecule has 0 aromatic carbocycles. The van der Waals surface area contributed by atoms with Crippen LogP contribution in [0.4, 0.5) is 0 Å². The van der Waals surface area contributed by atoms with Gasteiger partial charge in [0.15, 0.2) is 0 Å². The van der Waals surface area contributed by atoms with Crippen molar-refractivity contribution in [1.29, 1.82) is 0 Å². The molecular weight excluding hydrogens is 336 g/mol. The molecule has 1 heterocycles. The molecule has 3 amide bonds. The molecule has 0 bridgehead atoms. The van der Waals surface area contributed by atoms with Gasteiger partial charge in [-0.3, -0.25) is 19.3 Å². The molecule has 26 heavy (non-hydrogen) atoms. The fourth-order valence-electron chi connectivity index (χ4n) is 2.50. The van der Waals surface area contributed by atoms with Gasteiger partial charge in [0.2, 0.25) is 5.91 Å². The van der Waals surface area contributed by atoms with E-state index in [-0.39, 0.29) is 36.5 Å². The van der Waals surface area contributed by atoms with E-state index in [0.29, 0.717) is 25.9 Å². The summed E-state index contributed by atoms with van der Waals surface area (Å²) in [6.07, 6.45) is 4.21. The van der Waals surface area contributed by atoms with Crippen molar-refractivity contribution in [3.05, 3.63) is 12.2 Å². The Morgan fingerprint density at radius 1 is 1.04 bits per heavy atom. The maximum atomic E-state index is 12.1. The maximum absolute atomic E-state index is 12.1. The molecule has 0 aromatic rings. The molecule has 0 saturated carbocycles. The predicted molar refractivity (Wildman–Crippen MR) is 97.3 cm³/mol. The van der Waals surface area contributed by atoms with Crippen LogP contribution in [0.1, 0.15) is 60.3 Å². The Hall–Kier alpha value is -2.02. The van der Waals surface area contributed by atoms with Gasteiger partial charge in [-0.15, -0.1) is 0 Å². The summed E-state index contributed by atoms with van der Waals surface area (Å²) < 4.78 is 5.86. The molecule has 0 unspecified atom stereocenters. The van der Waals surface area contributed by atoms with E-state index < -0.39 is 11.1 Å². The molecule has 0 fully saturated rings. The van der Waals surface area contributed by atoms with Gasteiger partial charge < -0.3 is 14.8 Å². The normalized spacial score (nSPS) is 14.9. The number of ketones is 1. The maximum Gasteiger partial charge on any atom is 0.253 e. The second-order valence-electron chi connectivity index (χ2n) is 7.90. The van der Waals surface area contributed by atoms with Gasteiger partial charge in [-0.25, -0.2) is 0 Å². The molecule has 1 aliphatic heterocycles. The zero-order valence-corrected chi connectivity index (χ0v) is 16.4. The minimum atomic E-state index is -0.481. The van der Waals surface area contributed by atoms with Crippen LogP contribution in [0.5, 0.6) is 0 Å². The van der Waals surface area contributed by atoms with E-state index in [1.165, 1.54) is 12.2 Å². The smallest absolute Gasteiger partial charge is 0.253 e. The summed E-state index contributed by atoms with van der Waals surface area (Å²) in [4.78, 5) is 47.2. The molecule has 7 nitrogen and oxygen atoms in total. The van der Waals surface area contributed by atoms with Crippen molar-refractivity contribution in [3.63, 3.8) is 0 Å². The van der Waals surface area contributed by atoms with Crippen LogP contribution in [0.3, 0.4) is 0 Å². The lowest BCUT2D eigenvalue weighted by Crippen LogP contribution is -2.46. The standard InChI is InChI=1S/C19H30N2O5/c1-14(22)8-10-19(4,5)26-13-11-18(2,3)20-15(23)9-12-21-16(24)6-7-17(21)25/h6-7H,8-13H2,1-5H3,(H,20,23). The Balaban J connectivity index is 2.34. The second kappa shape index (κ2) is 9.07. The van der Waals surface area contributed by atoms with Crippen LogP contribution in [-0.4, -0.2) is 52.7 Å². The van der Waals surface area contributed by atoms with Crippen LogP contribution in [0.15, 0.2) is 12.2 Å². The Morgan fingerprint density at radius 2 is 1.62 bits per heavy atom. The molecule has 0 radical (unpaired) electrons. The van der Waals surface area contributed by atoms with E-state index in [1.54, 1.807) is 6.92 Å². The molecule has 146 valence electrons. The van der Waals surface area contributed by atoms with Gasteiger partial charge in [0.05, 0.1) is 5.60 Å². The Morgan fingerprint density at radius 3 is 2.15 bits per heavy atom. The fraction of sp³-hybridized carbons (Fsp3) is 0.684. The minimum absolute atomic E-state index is 0.0630. The van der Waals surface area contributed by atoms with Crippen LogP contribution in [0, 0.1) is 0 Å². The van der Waals surface area contributed by atoms with Crippen molar-refractivity contribution in [2.75, 3.05) is 13.2 Å². The average molecular weight is 366 g/mol. The Bertz CT molecular complexity index is 575. The van der Waals surface area contributed by atoms with Crippen LogP contribution in [0.2, 0.25) is 0 Å². The average Bonchev–Trinajstić information content (AvgIpc) is 2.81. The highest BCUT2D eigenvalue weighted by Crippen LogP contribution is 2.19. The molecule has 1 rings (SSSR count). The molecule has 0 saturated heterocycles. The summed E-state index contributed by atoms with van der Waals surface area (Å²) in [5.41, 5.74) is -0.875. The first-order valence-corrected chi connectivity index (χ1v) is 8.90. The third kappa shape index (κ3) is 7.91. The first-order valence-electron chi connectivity index (χ1n) is 8.90. The molecule has 0 aliphatic carbocycles. The highest BCUT2D eigenvalue weighted by atomic mass is 16.5. The lowest BCUT2D eigenvalue weighted by Gasteiger charge is -2.30. The fourth-order valence-corrected chi connectivity index (χ4v) is 2.50. The first-order chi connectivity index (χ1) is 11.9. The first kappa shape index (κ1) is 22.0. The predicted octanol–water partition coefficient (Wildman–Crippen LogP) is 1.75. The molecule has 1 N–H and O–H groups in total. The van der Waals surface area contributed by atoms with Crippen LogP contribution in [0.25, 0.3) is 0 Å². The van der Waals surface area contributed by atoms with Crippen molar-refractivity contribution in [2.24, 2.45) is 0 Å². The Kier molecular flexibility index (Phi) is 7.68. The number of imide groups is 1. The third-order valence-electron chi connectivity index (χ3n) is 4.24. The molecule has 7 heteroatoms. The summed E-state index contributed by atoms with van der Waals surface area (Å²) in [5, 5.41) is 2.90.